The predicted octanol–water partition coefficient (Wildman–Crippen LogP) is 3.21. The number of carbonyl (C=O) groups is 1. The van der Waals surface area contributed by atoms with Crippen LogP contribution in [0.4, 0.5) is 14.5 Å². The van der Waals surface area contributed by atoms with E-state index in [4.69, 9.17) is 0 Å². The summed E-state index contributed by atoms with van der Waals surface area (Å²) in [4.78, 5) is 13.3. The molecule has 0 bridgehead atoms. The largest absolute Gasteiger partial charge is 0.320 e. The first-order valence-corrected chi connectivity index (χ1v) is 8.72. The Kier molecular flexibility index (Phi) is 5.94. The van der Waals surface area contributed by atoms with Crippen molar-refractivity contribution in [3.8, 4) is 0 Å². The maximum Gasteiger partial charge on any atom is 0.279 e. The van der Waals surface area contributed by atoms with E-state index < -0.39 is 23.2 Å². The van der Waals surface area contributed by atoms with E-state index in [0.29, 0.717) is 0 Å². The van der Waals surface area contributed by atoms with E-state index in [0.717, 1.165) is 28.2 Å². The molecule has 0 radical (unpaired) electrons. The fourth-order valence-electron chi connectivity index (χ4n) is 3.21. The van der Waals surface area contributed by atoms with E-state index in [9.17, 15) is 13.6 Å². The number of rotatable bonds is 6. The molecule has 5 heteroatoms. The second-order valence-corrected chi connectivity index (χ2v) is 6.42. The number of para-hydroxylation sites is 1. The molecule has 3 aromatic carbocycles. The van der Waals surface area contributed by atoms with Crippen molar-refractivity contribution in [1.29, 1.82) is 0 Å². The summed E-state index contributed by atoms with van der Waals surface area (Å²) in [5.74, 6) is -2.03. The molecule has 1 atom stereocenters. The molecule has 27 heavy (non-hydrogen) atoms. The van der Waals surface area contributed by atoms with Gasteiger partial charge in [-0.1, -0.05) is 66.7 Å². The second kappa shape index (κ2) is 8.56. The van der Waals surface area contributed by atoms with Crippen LogP contribution >= 0.6 is 0 Å². The molecule has 0 aliphatic carbocycles. The van der Waals surface area contributed by atoms with E-state index in [2.05, 4.69) is 5.32 Å². The molecule has 3 rings (SSSR count). The molecule has 0 spiro atoms. The minimum absolute atomic E-state index is 0.0578. The summed E-state index contributed by atoms with van der Waals surface area (Å²) in [6, 6.07) is 23.1. The number of hydrogen-bond acceptors (Lipinski definition) is 1. The summed E-state index contributed by atoms with van der Waals surface area (Å²) in [7, 11) is 1.89. The Morgan fingerprint density at radius 2 is 1.33 bits per heavy atom. The lowest BCUT2D eigenvalue weighted by Gasteiger charge is -2.25. The molecule has 3 nitrogen and oxygen atoms in total. The van der Waals surface area contributed by atoms with Crippen molar-refractivity contribution in [3.05, 3.63) is 102 Å². The van der Waals surface area contributed by atoms with Gasteiger partial charge in [0.2, 0.25) is 0 Å². The Balaban J connectivity index is 1.80. The van der Waals surface area contributed by atoms with Crippen LogP contribution in [0.25, 0.3) is 0 Å². The van der Waals surface area contributed by atoms with Crippen LogP contribution in [0.15, 0.2) is 78.9 Å². The predicted molar refractivity (Wildman–Crippen MR) is 101 cm³/mol. The highest BCUT2D eigenvalue weighted by molar-refractivity contribution is 5.91. The molecule has 1 amide bonds. The fourth-order valence-corrected chi connectivity index (χ4v) is 3.21. The Morgan fingerprint density at radius 1 is 0.852 bits per heavy atom. The maximum absolute atomic E-state index is 13.8. The number of benzene rings is 3. The van der Waals surface area contributed by atoms with Gasteiger partial charge in [0.15, 0.2) is 6.54 Å². The van der Waals surface area contributed by atoms with Gasteiger partial charge in [-0.2, -0.15) is 0 Å². The second-order valence-electron chi connectivity index (χ2n) is 6.42. The Bertz CT molecular complexity index is 841. The number of carbonyl (C=O) groups excluding carboxylic acids is 1. The van der Waals surface area contributed by atoms with Crippen LogP contribution in [0.2, 0.25) is 0 Å². The molecule has 0 aliphatic rings. The molecular formula is C22H21F2N2O+. The van der Waals surface area contributed by atoms with Gasteiger partial charge in [0.1, 0.15) is 23.4 Å². The van der Waals surface area contributed by atoms with Crippen molar-refractivity contribution < 1.29 is 18.5 Å². The number of nitrogens with one attached hydrogen (secondary N) is 2. The number of hydrogen-bond donors (Lipinski definition) is 2. The molecule has 0 aromatic heterocycles. The smallest absolute Gasteiger partial charge is 0.279 e. The number of anilines is 1. The number of amides is 1. The van der Waals surface area contributed by atoms with E-state index in [1.165, 1.54) is 6.07 Å². The minimum Gasteiger partial charge on any atom is -0.320 e. The average Bonchev–Trinajstić information content (AvgIpc) is 2.67. The third kappa shape index (κ3) is 4.57. The molecule has 138 valence electrons. The normalized spacial score (nSPS) is 12.0. The van der Waals surface area contributed by atoms with Crippen LogP contribution in [-0.2, 0) is 4.79 Å². The van der Waals surface area contributed by atoms with Crippen LogP contribution in [-0.4, -0.2) is 19.5 Å². The van der Waals surface area contributed by atoms with E-state index >= 15 is 0 Å². The van der Waals surface area contributed by atoms with Gasteiger partial charge in [-0.25, -0.2) is 8.78 Å². The van der Waals surface area contributed by atoms with Gasteiger partial charge in [-0.3, -0.25) is 4.79 Å². The summed E-state index contributed by atoms with van der Waals surface area (Å²) in [6.45, 7) is 0.0578. The third-order valence-electron chi connectivity index (χ3n) is 4.43. The zero-order valence-corrected chi connectivity index (χ0v) is 15.0. The zero-order valence-electron chi connectivity index (χ0n) is 15.0. The average molecular weight is 367 g/mol. The lowest BCUT2D eigenvalue weighted by atomic mass is 9.97. The van der Waals surface area contributed by atoms with Gasteiger partial charge in [0, 0.05) is 11.1 Å². The number of likely N-dealkylation sites (N-methyl/N-ethyl adjacent to an activating group) is 1. The van der Waals surface area contributed by atoms with Crippen LogP contribution < -0.4 is 10.2 Å². The highest BCUT2D eigenvalue weighted by Crippen LogP contribution is 2.19. The summed E-state index contributed by atoms with van der Waals surface area (Å²) in [5, 5.41) is 2.36. The van der Waals surface area contributed by atoms with E-state index in [-0.39, 0.29) is 12.6 Å². The molecule has 1 unspecified atom stereocenters. The minimum atomic E-state index is -0.788. The summed E-state index contributed by atoms with van der Waals surface area (Å²) < 4.78 is 27.6. The van der Waals surface area contributed by atoms with Crippen LogP contribution in [0, 0.1) is 11.6 Å². The standard InChI is InChI=1S/C22H20F2N2O/c1-26(15-20(27)25-21-18(23)13-8-14-19(21)24)22(16-9-4-2-5-10-16)17-11-6-3-7-12-17/h2-14,22H,15H2,1H3,(H,25,27)/p+1. The van der Waals surface area contributed by atoms with Crippen LogP contribution in [0.3, 0.4) is 0 Å². The lowest BCUT2D eigenvalue weighted by Crippen LogP contribution is -3.10. The molecular weight excluding hydrogens is 346 g/mol. The van der Waals surface area contributed by atoms with Crippen molar-refractivity contribution in [2.24, 2.45) is 0 Å². The SMILES string of the molecule is C[NH+](CC(=O)Nc1c(F)cccc1F)C(c1ccccc1)c1ccccc1. The molecule has 0 saturated carbocycles. The molecule has 0 heterocycles. The molecule has 0 saturated heterocycles. The van der Waals surface area contributed by atoms with Crippen LogP contribution in [0.1, 0.15) is 17.2 Å². The number of quaternary nitrogens is 1. The molecule has 0 aliphatic heterocycles. The van der Waals surface area contributed by atoms with Gasteiger partial charge >= 0.3 is 0 Å². The van der Waals surface area contributed by atoms with Crippen molar-refractivity contribution in [2.75, 3.05) is 18.9 Å². The maximum atomic E-state index is 13.8. The first-order chi connectivity index (χ1) is 13.1. The van der Waals surface area contributed by atoms with E-state index in [1.807, 2.05) is 67.7 Å². The quantitative estimate of drug-likeness (QED) is 0.689. The number of halogens is 2. The zero-order chi connectivity index (χ0) is 19.2. The molecule has 3 aromatic rings. The first-order valence-electron chi connectivity index (χ1n) is 8.72. The van der Waals surface area contributed by atoms with Gasteiger partial charge in [0.25, 0.3) is 5.91 Å². The van der Waals surface area contributed by atoms with E-state index in [1.54, 1.807) is 0 Å². The third-order valence-corrected chi connectivity index (χ3v) is 4.43. The first kappa shape index (κ1) is 18.7. The molecule has 0 fully saturated rings. The fraction of sp³-hybridized carbons (Fsp3) is 0.136. The summed E-state index contributed by atoms with van der Waals surface area (Å²) in [5.41, 5.74) is 1.71. The highest BCUT2D eigenvalue weighted by atomic mass is 19.1. The van der Waals surface area contributed by atoms with Crippen LogP contribution in [0.5, 0.6) is 0 Å². The van der Waals surface area contributed by atoms with Crippen molar-refractivity contribution in [3.63, 3.8) is 0 Å². The van der Waals surface area contributed by atoms with Gasteiger partial charge in [-0.05, 0) is 12.1 Å². The van der Waals surface area contributed by atoms with Gasteiger partial charge in [0.05, 0.1) is 7.05 Å². The Hall–Kier alpha value is -3.05. The topological polar surface area (TPSA) is 33.5 Å². The Labute approximate surface area is 157 Å². The van der Waals surface area contributed by atoms with Crippen molar-refractivity contribution in [1.82, 2.24) is 0 Å². The molecule has 2 N–H and O–H groups in total. The van der Waals surface area contributed by atoms with Crippen molar-refractivity contribution in [2.45, 2.75) is 6.04 Å². The van der Waals surface area contributed by atoms with Gasteiger partial charge < -0.3 is 10.2 Å². The van der Waals surface area contributed by atoms with Gasteiger partial charge in [-0.15, -0.1) is 0 Å². The monoisotopic (exact) mass is 367 g/mol. The summed E-state index contributed by atoms with van der Waals surface area (Å²) >= 11 is 0. The Morgan fingerprint density at radius 3 is 1.81 bits per heavy atom. The summed E-state index contributed by atoms with van der Waals surface area (Å²) in [6.07, 6.45) is 0. The highest BCUT2D eigenvalue weighted by Gasteiger charge is 2.25. The van der Waals surface area contributed by atoms with Crippen molar-refractivity contribution >= 4 is 11.6 Å². The lowest BCUT2D eigenvalue weighted by molar-refractivity contribution is -0.897.